The molecule has 0 aromatic carbocycles. The van der Waals surface area contributed by atoms with Crippen LogP contribution in [0.1, 0.15) is 28.7 Å². The molecule has 1 atom stereocenters. The van der Waals surface area contributed by atoms with Crippen molar-refractivity contribution in [2.75, 3.05) is 0 Å². The third-order valence-electron chi connectivity index (χ3n) is 2.90. The summed E-state index contributed by atoms with van der Waals surface area (Å²) in [5.41, 5.74) is 6.66. The fourth-order valence-corrected chi connectivity index (χ4v) is 1.96. The number of hydrogen-bond donors (Lipinski definition) is 2. The second-order valence-corrected chi connectivity index (χ2v) is 4.43. The monoisotopic (exact) mass is 246 g/mol. The summed E-state index contributed by atoms with van der Waals surface area (Å²) >= 11 is 0. The molecule has 0 amide bonds. The zero-order valence-corrected chi connectivity index (χ0v) is 10.9. The summed E-state index contributed by atoms with van der Waals surface area (Å²) in [6.45, 7) is 3.86. The molecule has 96 valence electrons. The predicted molar refractivity (Wildman–Crippen MR) is 68.5 cm³/mol. The van der Waals surface area contributed by atoms with E-state index >= 15 is 0 Å². The van der Waals surface area contributed by atoms with E-state index in [-0.39, 0.29) is 6.04 Å². The second kappa shape index (κ2) is 5.24. The van der Waals surface area contributed by atoms with E-state index in [2.05, 4.69) is 20.7 Å². The van der Waals surface area contributed by atoms with E-state index in [1.165, 1.54) is 0 Å². The summed E-state index contributed by atoms with van der Waals surface area (Å²) in [5, 5.41) is 12.5. The molecule has 0 aliphatic rings. The molecule has 2 heterocycles. The minimum Gasteiger partial charge on any atom is -0.276 e. The van der Waals surface area contributed by atoms with E-state index in [4.69, 9.17) is 5.84 Å². The lowest BCUT2D eigenvalue weighted by Gasteiger charge is -2.17. The van der Waals surface area contributed by atoms with E-state index in [1.807, 2.05) is 39.2 Å². The number of hydrazine groups is 1. The van der Waals surface area contributed by atoms with E-state index < -0.39 is 0 Å². The van der Waals surface area contributed by atoms with Gasteiger partial charge in [-0.05, 0) is 31.5 Å². The fraction of sp³-hybridized carbons (Fsp3) is 0.417. The SMILES string of the molecule is Cc1cc(C(Cc2ccn(C)n2)NN)c(C)nn1. The molecule has 0 spiro atoms. The van der Waals surface area contributed by atoms with Crippen molar-refractivity contribution in [3.05, 3.63) is 41.0 Å². The topological polar surface area (TPSA) is 81.7 Å². The number of aryl methyl sites for hydroxylation is 3. The highest BCUT2D eigenvalue weighted by molar-refractivity contribution is 5.25. The lowest BCUT2D eigenvalue weighted by atomic mass is 10.0. The minimum atomic E-state index is -0.00546. The Balaban J connectivity index is 2.25. The molecular formula is C12H18N6. The van der Waals surface area contributed by atoms with Crippen LogP contribution in [0.4, 0.5) is 0 Å². The van der Waals surface area contributed by atoms with Crippen molar-refractivity contribution in [2.45, 2.75) is 26.3 Å². The van der Waals surface area contributed by atoms with E-state index in [0.29, 0.717) is 0 Å². The first-order chi connectivity index (χ1) is 8.60. The van der Waals surface area contributed by atoms with Gasteiger partial charge in [0.25, 0.3) is 0 Å². The molecule has 6 nitrogen and oxygen atoms in total. The Hall–Kier alpha value is -1.79. The maximum atomic E-state index is 5.65. The lowest BCUT2D eigenvalue weighted by Crippen LogP contribution is -2.30. The highest BCUT2D eigenvalue weighted by atomic mass is 15.3. The van der Waals surface area contributed by atoms with Crippen molar-refractivity contribution >= 4 is 0 Å². The Labute approximate surface area is 106 Å². The highest BCUT2D eigenvalue weighted by Crippen LogP contribution is 2.19. The summed E-state index contributed by atoms with van der Waals surface area (Å²) in [6.07, 6.45) is 2.65. The Morgan fingerprint density at radius 1 is 1.39 bits per heavy atom. The molecule has 3 N–H and O–H groups in total. The van der Waals surface area contributed by atoms with Crippen LogP contribution in [0, 0.1) is 13.8 Å². The Morgan fingerprint density at radius 2 is 2.17 bits per heavy atom. The van der Waals surface area contributed by atoms with Crippen LogP contribution in [0.15, 0.2) is 18.3 Å². The van der Waals surface area contributed by atoms with Crippen molar-refractivity contribution in [1.82, 2.24) is 25.4 Å². The fourth-order valence-electron chi connectivity index (χ4n) is 1.96. The van der Waals surface area contributed by atoms with Gasteiger partial charge in [0.1, 0.15) is 0 Å². The average molecular weight is 246 g/mol. The smallest absolute Gasteiger partial charge is 0.0648 e. The van der Waals surface area contributed by atoms with Gasteiger partial charge in [0.2, 0.25) is 0 Å². The molecule has 2 aromatic rings. The molecule has 0 bridgehead atoms. The molecule has 0 saturated carbocycles. The zero-order chi connectivity index (χ0) is 13.1. The third-order valence-corrected chi connectivity index (χ3v) is 2.90. The van der Waals surface area contributed by atoms with Crippen molar-refractivity contribution in [1.29, 1.82) is 0 Å². The van der Waals surface area contributed by atoms with E-state index in [0.717, 1.165) is 29.1 Å². The van der Waals surface area contributed by atoms with Crippen LogP contribution in [0.3, 0.4) is 0 Å². The van der Waals surface area contributed by atoms with Gasteiger partial charge in [-0.3, -0.25) is 16.0 Å². The van der Waals surface area contributed by atoms with Crippen LogP contribution in [-0.2, 0) is 13.5 Å². The molecule has 18 heavy (non-hydrogen) atoms. The summed E-state index contributed by atoms with van der Waals surface area (Å²) in [5.74, 6) is 5.65. The van der Waals surface area contributed by atoms with Gasteiger partial charge in [0, 0.05) is 19.7 Å². The number of aromatic nitrogens is 4. The summed E-state index contributed by atoms with van der Waals surface area (Å²) < 4.78 is 1.78. The first kappa shape index (κ1) is 12.7. The highest BCUT2D eigenvalue weighted by Gasteiger charge is 2.15. The maximum absolute atomic E-state index is 5.65. The summed E-state index contributed by atoms with van der Waals surface area (Å²) in [6, 6.07) is 3.99. The quantitative estimate of drug-likeness (QED) is 0.609. The lowest BCUT2D eigenvalue weighted by molar-refractivity contribution is 0.534. The average Bonchev–Trinajstić information content (AvgIpc) is 2.75. The van der Waals surface area contributed by atoms with Gasteiger partial charge in [-0.25, -0.2) is 0 Å². The van der Waals surface area contributed by atoms with Crippen molar-refractivity contribution < 1.29 is 0 Å². The van der Waals surface area contributed by atoms with Crippen LogP contribution in [-0.4, -0.2) is 20.0 Å². The van der Waals surface area contributed by atoms with Gasteiger partial charge in [0.15, 0.2) is 0 Å². The van der Waals surface area contributed by atoms with Crippen molar-refractivity contribution in [3.8, 4) is 0 Å². The molecule has 2 aromatic heterocycles. The number of nitrogens with two attached hydrogens (primary N) is 1. The van der Waals surface area contributed by atoms with Gasteiger partial charge in [-0.2, -0.15) is 15.3 Å². The Bertz CT molecular complexity index is 533. The standard InChI is InChI=1S/C12H18N6/c1-8-6-11(9(2)16-15-8)12(14-13)7-10-4-5-18(3)17-10/h4-6,12,14H,7,13H2,1-3H3. The van der Waals surface area contributed by atoms with E-state index in [9.17, 15) is 0 Å². The number of nitrogens with zero attached hydrogens (tertiary/aromatic N) is 4. The van der Waals surface area contributed by atoms with Gasteiger partial charge in [-0.1, -0.05) is 0 Å². The first-order valence-electron chi connectivity index (χ1n) is 5.85. The molecule has 0 fully saturated rings. The molecule has 6 heteroatoms. The normalized spacial score (nSPS) is 12.7. The molecular weight excluding hydrogens is 228 g/mol. The molecule has 0 radical (unpaired) electrons. The molecule has 0 aliphatic carbocycles. The third kappa shape index (κ3) is 2.72. The number of nitrogens with one attached hydrogen (secondary N) is 1. The van der Waals surface area contributed by atoms with E-state index in [1.54, 1.807) is 4.68 Å². The Kier molecular flexibility index (Phi) is 3.69. The van der Waals surface area contributed by atoms with Crippen LogP contribution in [0.2, 0.25) is 0 Å². The van der Waals surface area contributed by atoms with Gasteiger partial charge < -0.3 is 0 Å². The largest absolute Gasteiger partial charge is 0.276 e. The maximum Gasteiger partial charge on any atom is 0.0648 e. The Morgan fingerprint density at radius 3 is 2.78 bits per heavy atom. The molecule has 0 aliphatic heterocycles. The predicted octanol–water partition coefficient (Wildman–Crippen LogP) is 0.574. The van der Waals surface area contributed by atoms with Crippen LogP contribution >= 0.6 is 0 Å². The number of rotatable bonds is 4. The van der Waals surface area contributed by atoms with Crippen LogP contribution in [0.5, 0.6) is 0 Å². The minimum absolute atomic E-state index is 0.00546. The molecule has 2 rings (SSSR count). The summed E-state index contributed by atoms with van der Waals surface area (Å²) in [4.78, 5) is 0. The number of hydrogen-bond acceptors (Lipinski definition) is 5. The van der Waals surface area contributed by atoms with Crippen molar-refractivity contribution in [2.24, 2.45) is 12.9 Å². The first-order valence-corrected chi connectivity index (χ1v) is 5.85. The van der Waals surface area contributed by atoms with Gasteiger partial charge in [-0.15, -0.1) is 0 Å². The van der Waals surface area contributed by atoms with Crippen LogP contribution in [0.25, 0.3) is 0 Å². The molecule has 1 unspecified atom stereocenters. The van der Waals surface area contributed by atoms with Gasteiger partial charge >= 0.3 is 0 Å². The van der Waals surface area contributed by atoms with Gasteiger partial charge in [0.05, 0.1) is 23.1 Å². The van der Waals surface area contributed by atoms with Crippen LogP contribution < -0.4 is 11.3 Å². The summed E-state index contributed by atoms with van der Waals surface area (Å²) in [7, 11) is 1.90. The molecule has 0 saturated heterocycles. The van der Waals surface area contributed by atoms with Crippen molar-refractivity contribution in [3.63, 3.8) is 0 Å². The second-order valence-electron chi connectivity index (χ2n) is 4.43. The zero-order valence-electron chi connectivity index (χ0n) is 10.9.